The van der Waals surface area contributed by atoms with Crippen LogP contribution in [0.4, 0.5) is 4.79 Å². The van der Waals surface area contributed by atoms with Gasteiger partial charge in [-0.2, -0.15) is 0 Å². The molecular formula is C23H28BNO6. The summed E-state index contributed by atoms with van der Waals surface area (Å²) in [5.41, 5.74) is 1.41. The number of ether oxygens (including phenoxy) is 1. The van der Waals surface area contributed by atoms with Gasteiger partial charge in [0.2, 0.25) is 0 Å². The van der Waals surface area contributed by atoms with Crippen LogP contribution in [0.25, 0.3) is 0 Å². The zero-order chi connectivity index (χ0) is 22.6. The van der Waals surface area contributed by atoms with Crippen molar-refractivity contribution in [2.24, 2.45) is 0 Å². The number of amides is 1. The number of hydrogen-bond donors (Lipinski definition) is 2. The summed E-state index contributed by atoms with van der Waals surface area (Å²) in [5.74, 6) is -1.14. The van der Waals surface area contributed by atoms with E-state index in [0.717, 1.165) is 16.6 Å². The fraction of sp³-hybridized carbons (Fsp3) is 0.391. The predicted molar refractivity (Wildman–Crippen MR) is 117 cm³/mol. The number of rotatable bonds is 7. The van der Waals surface area contributed by atoms with Gasteiger partial charge in [-0.3, -0.25) is 0 Å². The Bertz CT molecular complexity index is 915. The number of aliphatic carboxylic acids is 1. The Balaban J connectivity index is 1.63. The first-order chi connectivity index (χ1) is 14.6. The minimum absolute atomic E-state index is 0.0659. The molecule has 1 aliphatic heterocycles. The Hall–Kier alpha value is -2.84. The molecule has 0 bridgehead atoms. The average molecular weight is 425 g/mol. The molecule has 0 unspecified atom stereocenters. The molecule has 0 aromatic heterocycles. The largest absolute Gasteiger partial charge is 0.494 e. The van der Waals surface area contributed by atoms with Crippen molar-refractivity contribution in [2.75, 3.05) is 0 Å². The number of carboxylic acids is 1. The quantitative estimate of drug-likeness (QED) is 0.663. The fourth-order valence-electron chi connectivity index (χ4n) is 3.19. The monoisotopic (exact) mass is 425 g/mol. The maximum atomic E-state index is 12.1. The highest BCUT2D eigenvalue weighted by Gasteiger charge is 2.51. The molecule has 0 saturated carbocycles. The Labute approximate surface area is 182 Å². The van der Waals surface area contributed by atoms with Crippen LogP contribution in [0.15, 0.2) is 54.6 Å². The number of hydrogen-bond acceptors (Lipinski definition) is 5. The van der Waals surface area contributed by atoms with Crippen molar-refractivity contribution >= 4 is 24.6 Å². The predicted octanol–water partition coefficient (Wildman–Crippen LogP) is 2.91. The molecule has 1 heterocycles. The van der Waals surface area contributed by atoms with Gasteiger partial charge in [-0.05, 0) is 44.3 Å². The van der Waals surface area contributed by atoms with E-state index in [4.69, 9.17) is 14.0 Å². The van der Waals surface area contributed by atoms with Crippen LogP contribution in [-0.2, 0) is 31.9 Å². The molecule has 2 N–H and O–H groups in total. The zero-order valence-corrected chi connectivity index (χ0v) is 18.3. The Kier molecular flexibility index (Phi) is 6.72. The van der Waals surface area contributed by atoms with Crippen molar-refractivity contribution in [3.63, 3.8) is 0 Å². The standard InChI is InChI=1S/C23H28BNO6/c1-22(2)23(3,4)31-24(30-22)18-12-8-11-17(13-18)14-19(20(26)27)25-21(28)29-15-16-9-6-5-7-10-16/h5-13,19H,14-15H2,1-4H3,(H,25,28)(H,26,27)/t19-/m0/s1. The van der Waals surface area contributed by atoms with Crippen LogP contribution in [0, 0.1) is 0 Å². The van der Waals surface area contributed by atoms with Crippen molar-refractivity contribution < 1.29 is 28.7 Å². The summed E-state index contributed by atoms with van der Waals surface area (Å²) in [6.45, 7) is 7.96. The molecule has 0 spiro atoms. The van der Waals surface area contributed by atoms with Crippen LogP contribution in [0.5, 0.6) is 0 Å². The van der Waals surface area contributed by atoms with E-state index >= 15 is 0 Å². The summed E-state index contributed by atoms with van der Waals surface area (Å²) in [7, 11) is -0.544. The van der Waals surface area contributed by atoms with Gasteiger partial charge in [-0.25, -0.2) is 9.59 Å². The van der Waals surface area contributed by atoms with Crippen LogP contribution in [0.1, 0.15) is 38.8 Å². The molecule has 1 aliphatic rings. The lowest BCUT2D eigenvalue weighted by molar-refractivity contribution is -0.139. The third-order valence-corrected chi connectivity index (χ3v) is 5.72. The van der Waals surface area contributed by atoms with Gasteiger partial charge in [0.05, 0.1) is 11.2 Å². The van der Waals surface area contributed by atoms with Gasteiger partial charge >= 0.3 is 19.2 Å². The Morgan fingerprint density at radius 1 is 1.00 bits per heavy atom. The van der Waals surface area contributed by atoms with E-state index < -0.39 is 36.4 Å². The van der Waals surface area contributed by atoms with Gasteiger partial charge in [0.25, 0.3) is 0 Å². The molecule has 0 radical (unpaired) electrons. The SMILES string of the molecule is CC1(C)OB(c2cccc(C[C@H](NC(=O)OCc3ccccc3)C(=O)O)c2)OC1(C)C. The third-order valence-electron chi connectivity index (χ3n) is 5.72. The summed E-state index contributed by atoms with van der Waals surface area (Å²) in [6, 6.07) is 15.4. The second-order valence-electron chi connectivity index (χ2n) is 8.63. The number of carbonyl (C=O) groups is 2. The van der Waals surface area contributed by atoms with Crippen LogP contribution in [0.3, 0.4) is 0 Å². The first-order valence-electron chi connectivity index (χ1n) is 10.2. The third kappa shape index (κ3) is 5.65. The van der Waals surface area contributed by atoms with Gasteiger partial charge in [0.1, 0.15) is 12.6 Å². The van der Waals surface area contributed by atoms with Crippen molar-refractivity contribution in [1.82, 2.24) is 5.32 Å². The van der Waals surface area contributed by atoms with Gasteiger partial charge in [0, 0.05) is 6.42 Å². The summed E-state index contributed by atoms with van der Waals surface area (Å²) in [6.07, 6.45) is -0.679. The van der Waals surface area contributed by atoms with E-state index in [2.05, 4.69) is 5.32 Å². The van der Waals surface area contributed by atoms with E-state index in [1.807, 2.05) is 82.3 Å². The fourth-order valence-corrected chi connectivity index (χ4v) is 3.19. The van der Waals surface area contributed by atoms with Crippen molar-refractivity contribution in [3.8, 4) is 0 Å². The second-order valence-corrected chi connectivity index (χ2v) is 8.63. The van der Waals surface area contributed by atoms with Gasteiger partial charge in [0.15, 0.2) is 0 Å². The topological polar surface area (TPSA) is 94.1 Å². The molecule has 0 aliphatic carbocycles. The van der Waals surface area contributed by atoms with Crippen LogP contribution < -0.4 is 10.8 Å². The second kappa shape index (κ2) is 9.12. The maximum Gasteiger partial charge on any atom is 0.494 e. The summed E-state index contributed by atoms with van der Waals surface area (Å²) in [4.78, 5) is 23.8. The highest BCUT2D eigenvalue weighted by Crippen LogP contribution is 2.36. The van der Waals surface area contributed by atoms with Crippen molar-refractivity contribution in [2.45, 2.75) is 58.0 Å². The van der Waals surface area contributed by atoms with Gasteiger partial charge < -0.3 is 24.5 Å². The smallest absolute Gasteiger partial charge is 0.480 e. The van der Waals surface area contributed by atoms with E-state index in [1.54, 1.807) is 0 Å². The summed E-state index contributed by atoms with van der Waals surface area (Å²) >= 11 is 0. The Morgan fingerprint density at radius 2 is 1.61 bits per heavy atom. The average Bonchev–Trinajstić information content (AvgIpc) is 2.94. The highest BCUT2D eigenvalue weighted by atomic mass is 16.7. The number of carbonyl (C=O) groups excluding carboxylic acids is 1. The van der Waals surface area contributed by atoms with Crippen molar-refractivity contribution in [1.29, 1.82) is 0 Å². The van der Waals surface area contributed by atoms with Gasteiger partial charge in [-0.1, -0.05) is 54.6 Å². The Morgan fingerprint density at radius 3 is 2.23 bits per heavy atom. The normalized spacial score (nSPS) is 17.7. The van der Waals surface area contributed by atoms with Crippen LogP contribution in [-0.4, -0.2) is 41.5 Å². The molecular weight excluding hydrogens is 397 g/mol. The molecule has 31 heavy (non-hydrogen) atoms. The number of nitrogens with one attached hydrogen (secondary N) is 1. The summed E-state index contributed by atoms with van der Waals surface area (Å²) in [5, 5.41) is 12.0. The number of alkyl carbamates (subject to hydrolysis) is 1. The lowest BCUT2D eigenvalue weighted by atomic mass is 9.78. The van der Waals surface area contributed by atoms with Crippen molar-refractivity contribution in [3.05, 3.63) is 65.7 Å². The minimum Gasteiger partial charge on any atom is -0.480 e. The molecule has 2 aromatic carbocycles. The molecule has 1 fully saturated rings. The van der Waals surface area contributed by atoms with Gasteiger partial charge in [-0.15, -0.1) is 0 Å². The highest BCUT2D eigenvalue weighted by molar-refractivity contribution is 6.62. The molecule has 164 valence electrons. The molecule has 2 aromatic rings. The van der Waals surface area contributed by atoms with E-state index in [-0.39, 0.29) is 13.0 Å². The molecule has 7 nitrogen and oxygen atoms in total. The lowest BCUT2D eigenvalue weighted by Crippen LogP contribution is -2.43. The molecule has 1 saturated heterocycles. The van der Waals surface area contributed by atoms with E-state index in [1.165, 1.54) is 0 Å². The maximum absolute atomic E-state index is 12.1. The first-order valence-corrected chi connectivity index (χ1v) is 10.2. The molecule has 1 amide bonds. The lowest BCUT2D eigenvalue weighted by Gasteiger charge is -2.32. The molecule has 3 rings (SSSR count). The van der Waals surface area contributed by atoms with Crippen LogP contribution >= 0.6 is 0 Å². The zero-order valence-electron chi connectivity index (χ0n) is 18.3. The minimum atomic E-state index is -1.14. The number of carboxylic acid groups (broad SMARTS) is 1. The van der Waals surface area contributed by atoms with E-state index in [9.17, 15) is 14.7 Å². The summed E-state index contributed by atoms with van der Waals surface area (Å²) < 4.78 is 17.3. The molecule has 8 heteroatoms. The number of benzene rings is 2. The molecule has 1 atom stereocenters. The van der Waals surface area contributed by atoms with Crippen LogP contribution in [0.2, 0.25) is 0 Å². The van der Waals surface area contributed by atoms with E-state index in [0.29, 0.717) is 0 Å². The first kappa shape index (κ1) is 22.8.